The maximum absolute atomic E-state index is 12.2. The summed E-state index contributed by atoms with van der Waals surface area (Å²) in [6, 6.07) is 4.47. The van der Waals surface area contributed by atoms with Gasteiger partial charge >= 0.3 is 0 Å². The van der Waals surface area contributed by atoms with Crippen molar-refractivity contribution in [3.63, 3.8) is 0 Å². The molecule has 2 rings (SSSR count). The van der Waals surface area contributed by atoms with Crippen molar-refractivity contribution in [3.05, 3.63) is 23.2 Å². The molecule has 112 valence electrons. The molecule has 1 fully saturated rings. The van der Waals surface area contributed by atoms with E-state index in [2.05, 4.69) is 16.5 Å². The Hall–Kier alpha value is -0.820. The molecule has 1 aliphatic heterocycles. The van der Waals surface area contributed by atoms with Gasteiger partial charge in [-0.05, 0) is 43.6 Å². The average Bonchev–Trinajstić information content (AvgIpc) is 2.87. The lowest BCUT2D eigenvalue weighted by Gasteiger charge is -2.14. The number of likely N-dealkylation sites (tertiary alicyclic amines) is 1. The van der Waals surface area contributed by atoms with Crippen LogP contribution in [0.3, 0.4) is 0 Å². The number of nitrogens with zero attached hydrogens (tertiary/aromatic N) is 1. The maximum Gasteiger partial charge on any atom is 0.242 e. The van der Waals surface area contributed by atoms with Crippen molar-refractivity contribution in [2.45, 2.75) is 18.2 Å². The van der Waals surface area contributed by atoms with E-state index in [9.17, 15) is 8.42 Å². The molecule has 0 amide bonds. The van der Waals surface area contributed by atoms with Crippen LogP contribution in [0.1, 0.15) is 13.3 Å². The summed E-state index contributed by atoms with van der Waals surface area (Å²) in [6.45, 7) is 5.51. The second kappa shape index (κ2) is 6.30. The first-order valence-corrected chi connectivity index (χ1v) is 8.55. The van der Waals surface area contributed by atoms with Crippen molar-refractivity contribution in [3.8, 4) is 0 Å². The van der Waals surface area contributed by atoms with Gasteiger partial charge in [0.25, 0.3) is 0 Å². The van der Waals surface area contributed by atoms with Gasteiger partial charge in [0.2, 0.25) is 10.0 Å². The zero-order chi connectivity index (χ0) is 14.8. The minimum atomic E-state index is -3.61. The number of anilines is 1. The van der Waals surface area contributed by atoms with Crippen molar-refractivity contribution in [2.24, 2.45) is 5.92 Å². The highest BCUT2D eigenvalue weighted by atomic mass is 35.5. The highest BCUT2D eigenvalue weighted by molar-refractivity contribution is 7.89. The number of halogens is 1. The fourth-order valence-electron chi connectivity index (χ4n) is 2.40. The minimum absolute atomic E-state index is 0.0458. The minimum Gasteiger partial charge on any atom is -0.399 e. The van der Waals surface area contributed by atoms with Crippen molar-refractivity contribution < 1.29 is 8.42 Å². The van der Waals surface area contributed by atoms with Gasteiger partial charge < -0.3 is 10.6 Å². The Balaban J connectivity index is 2.03. The third-order valence-electron chi connectivity index (χ3n) is 3.62. The van der Waals surface area contributed by atoms with Gasteiger partial charge in [0.05, 0.1) is 5.02 Å². The van der Waals surface area contributed by atoms with Gasteiger partial charge in [-0.2, -0.15) is 0 Å². The van der Waals surface area contributed by atoms with Gasteiger partial charge in [-0.15, -0.1) is 0 Å². The van der Waals surface area contributed by atoms with E-state index in [-0.39, 0.29) is 9.92 Å². The molecule has 1 atom stereocenters. The molecule has 0 bridgehead atoms. The highest BCUT2D eigenvalue weighted by Gasteiger charge is 2.24. The normalized spacial score (nSPS) is 20.4. The van der Waals surface area contributed by atoms with E-state index in [0.29, 0.717) is 18.2 Å². The van der Waals surface area contributed by atoms with Crippen LogP contribution >= 0.6 is 11.6 Å². The van der Waals surface area contributed by atoms with Crippen LogP contribution in [0.15, 0.2) is 23.1 Å². The fraction of sp³-hybridized carbons (Fsp3) is 0.538. The smallest absolute Gasteiger partial charge is 0.242 e. The number of benzene rings is 1. The molecule has 20 heavy (non-hydrogen) atoms. The molecule has 1 aromatic carbocycles. The number of hydrogen-bond donors (Lipinski definition) is 2. The third-order valence-corrected chi connectivity index (χ3v) is 5.53. The van der Waals surface area contributed by atoms with E-state index in [1.165, 1.54) is 12.1 Å². The molecule has 3 N–H and O–H groups in total. The van der Waals surface area contributed by atoms with E-state index >= 15 is 0 Å². The summed E-state index contributed by atoms with van der Waals surface area (Å²) in [5.74, 6) is 0.351. The molecule has 0 spiro atoms. The van der Waals surface area contributed by atoms with Crippen molar-refractivity contribution in [1.82, 2.24) is 9.62 Å². The molecule has 1 heterocycles. The molecule has 0 aromatic heterocycles. The Bertz CT molecular complexity index is 577. The fourth-order valence-corrected chi connectivity index (χ4v) is 4.05. The van der Waals surface area contributed by atoms with Crippen LogP contribution in [0.25, 0.3) is 0 Å². The van der Waals surface area contributed by atoms with E-state index in [1.807, 2.05) is 0 Å². The molecule has 0 radical (unpaired) electrons. The summed E-state index contributed by atoms with van der Waals surface area (Å²) in [5.41, 5.74) is 6.00. The maximum atomic E-state index is 12.2. The number of nitrogen functional groups attached to an aromatic ring is 1. The lowest BCUT2D eigenvalue weighted by molar-refractivity contribution is 0.342. The second-order valence-electron chi connectivity index (χ2n) is 5.09. The van der Waals surface area contributed by atoms with Crippen LogP contribution in [0, 0.1) is 5.92 Å². The third kappa shape index (κ3) is 3.63. The summed E-state index contributed by atoms with van der Waals surface area (Å²) in [4.78, 5) is 2.36. The SMILES string of the molecule is CCN1CCC(CNS(=O)(=O)c2cc(N)ccc2Cl)C1. The van der Waals surface area contributed by atoms with Gasteiger partial charge in [0.15, 0.2) is 0 Å². The molecule has 0 aliphatic carbocycles. The monoisotopic (exact) mass is 317 g/mol. The number of rotatable bonds is 5. The molecule has 7 heteroatoms. The number of nitrogens with two attached hydrogens (primary N) is 1. The van der Waals surface area contributed by atoms with Gasteiger partial charge in [0, 0.05) is 18.8 Å². The van der Waals surface area contributed by atoms with Gasteiger partial charge in [-0.1, -0.05) is 18.5 Å². The summed E-state index contributed by atoms with van der Waals surface area (Å²) < 4.78 is 27.1. The van der Waals surface area contributed by atoms with E-state index in [1.54, 1.807) is 6.07 Å². The number of nitrogens with one attached hydrogen (secondary N) is 1. The quantitative estimate of drug-likeness (QED) is 0.808. The van der Waals surface area contributed by atoms with Crippen LogP contribution in [0.4, 0.5) is 5.69 Å². The largest absolute Gasteiger partial charge is 0.399 e. The zero-order valence-corrected chi connectivity index (χ0v) is 13.0. The Kier molecular flexibility index (Phi) is 4.90. The summed E-state index contributed by atoms with van der Waals surface area (Å²) in [7, 11) is -3.61. The predicted molar refractivity (Wildman–Crippen MR) is 81.3 cm³/mol. The molecule has 1 saturated heterocycles. The van der Waals surface area contributed by atoms with Gasteiger partial charge in [-0.3, -0.25) is 0 Å². The van der Waals surface area contributed by atoms with Crippen molar-refractivity contribution in [2.75, 3.05) is 31.9 Å². The van der Waals surface area contributed by atoms with Crippen LogP contribution in [-0.4, -0.2) is 39.5 Å². The Labute approximate surface area is 125 Å². The van der Waals surface area contributed by atoms with E-state index in [0.717, 1.165) is 26.1 Å². The standard InChI is InChI=1S/C13H20ClN3O2S/c1-2-17-6-5-10(9-17)8-16-20(18,19)13-7-11(15)3-4-12(13)14/h3-4,7,10,16H,2,5-6,8-9,15H2,1H3. The van der Waals surface area contributed by atoms with Gasteiger partial charge in [-0.25, -0.2) is 13.1 Å². The van der Waals surface area contributed by atoms with Crippen LogP contribution in [0.2, 0.25) is 5.02 Å². The predicted octanol–water partition coefficient (Wildman–Crippen LogP) is 1.54. The van der Waals surface area contributed by atoms with Crippen molar-refractivity contribution in [1.29, 1.82) is 0 Å². The molecule has 1 aliphatic rings. The van der Waals surface area contributed by atoms with Crippen molar-refractivity contribution >= 4 is 27.3 Å². The lowest BCUT2D eigenvalue weighted by atomic mass is 10.1. The number of hydrogen-bond acceptors (Lipinski definition) is 4. The second-order valence-corrected chi connectivity index (χ2v) is 7.23. The highest BCUT2D eigenvalue weighted by Crippen LogP contribution is 2.24. The molecule has 1 aromatic rings. The Morgan fingerprint density at radius 3 is 2.90 bits per heavy atom. The molecular weight excluding hydrogens is 298 g/mol. The van der Waals surface area contributed by atoms with Crippen LogP contribution in [-0.2, 0) is 10.0 Å². The summed E-state index contributed by atoms with van der Waals surface area (Å²) >= 11 is 5.94. The Morgan fingerprint density at radius 2 is 2.25 bits per heavy atom. The molecule has 5 nitrogen and oxygen atoms in total. The van der Waals surface area contributed by atoms with E-state index in [4.69, 9.17) is 17.3 Å². The summed E-state index contributed by atoms with van der Waals surface area (Å²) in [5, 5.41) is 0.188. The zero-order valence-electron chi connectivity index (χ0n) is 11.5. The van der Waals surface area contributed by atoms with Gasteiger partial charge in [0.1, 0.15) is 4.90 Å². The summed E-state index contributed by atoms with van der Waals surface area (Å²) in [6.07, 6.45) is 1.01. The van der Waals surface area contributed by atoms with Crippen LogP contribution < -0.4 is 10.5 Å². The lowest BCUT2D eigenvalue weighted by Crippen LogP contribution is -2.31. The first kappa shape index (κ1) is 15.6. The number of sulfonamides is 1. The molecule has 1 unspecified atom stereocenters. The first-order chi connectivity index (χ1) is 9.42. The molecule has 0 saturated carbocycles. The van der Waals surface area contributed by atoms with E-state index < -0.39 is 10.0 Å². The first-order valence-electron chi connectivity index (χ1n) is 6.69. The average molecular weight is 318 g/mol. The Morgan fingerprint density at radius 1 is 1.50 bits per heavy atom. The molecular formula is C13H20ClN3O2S. The van der Waals surface area contributed by atoms with Crippen LogP contribution in [0.5, 0.6) is 0 Å². The topological polar surface area (TPSA) is 75.4 Å².